The average molecular weight is 280 g/mol. The SMILES string of the molecule is COc1cccc(C(F)S(=O)(=O)c2ccccc2)c1. The van der Waals surface area contributed by atoms with Crippen LogP contribution in [0.1, 0.15) is 11.1 Å². The van der Waals surface area contributed by atoms with Gasteiger partial charge in [-0.15, -0.1) is 0 Å². The van der Waals surface area contributed by atoms with Gasteiger partial charge in [-0.2, -0.15) is 0 Å². The predicted molar refractivity (Wildman–Crippen MR) is 70.5 cm³/mol. The second-order valence-electron chi connectivity index (χ2n) is 3.95. The Hall–Kier alpha value is -1.88. The van der Waals surface area contributed by atoms with Gasteiger partial charge in [0.05, 0.1) is 12.0 Å². The van der Waals surface area contributed by atoms with E-state index in [1.165, 1.54) is 31.4 Å². The van der Waals surface area contributed by atoms with Gasteiger partial charge in [0.25, 0.3) is 0 Å². The van der Waals surface area contributed by atoms with Crippen LogP contribution in [0, 0.1) is 0 Å². The van der Waals surface area contributed by atoms with E-state index in [0.29, 0.717) is 5.75 Å². The molecule has 1 atom stereocenters. The van der Waals surface area contributed by atoms with Crippen molar-refractivity contribution in [3.63, 3.8) is 0 Å². The van der Waals surface area contributed by atoms with Crippen molar-refractivity contribution in [1.29, 1.82) is 0 Å². The van der Waals surface area contributed by atoms with Crippen LogP contribution in [0.3, 0.4) is 0 Å². The van der Waals surface area contributed by atoms with E-state index in [9.17, 15) is 12.8 Å². The van der Waals surface area contributed by atoms with Crippen LogP contribution >= 0.6 is 0 Å². The third kappa shape index (κ3) is 2.76. The molecule has 0 aliphatic rings. The van der Waals surface area contributed by atoms with E-state index in [2.05, 4.69) is 0 Å². The molecule has 0 N–H and O–H groups in total. The molecule has 0 fully saturated rings. The quantitative estimate of drug-likeness (QED) is 0.864. The summed E-state index contributed by atoms with van der Waals surface area (Å²) >= 11 is 0. The number of sulfone groups is 1. The van der Waals surface area contributed by atoms with Gasteiger partial charge in [0.1, 0.15) is 5.75 Å². The Bertz CT molecular complexity index is 653. The van der Waals surface area contributed by atoms with Gasteiger partial charge in [0.2, 0.25) is 15.3 Å². The highest BCUT2D eigenvalue weighted by molar-refractivity contribution is 7.91. The first-order valence-corrected chi connectivity index (χ1v) is 7.17. The maximum absolute atomic E-state index is 14.3. The molecule has 0 amide bonds. The molecule has 5 heteroatoms. The smallest absolute Gasteiger partial charge is 0.230 e. The Labute approximate surface area is 111 Å². The highest BCUT2D eigenvalue weighted by atomic mass is 32.2. The molecule has 0 spiro atoms. The number of hydrogen-bond donors (Lipinski definition) is 0. The molecule has 0 bridgehead atoms. The first kappa shape index (κ1) is 13.5. The summed E-state index contributed by atoms with van der Waals surface area (Å²) in [5, 5.41) is 0. The van der Waals surface area contributed by atoms with Crippen LogP contribution in [0.4, 0.5) is 4.39 Å². The van der Waals surface area contributed by atoms with Crippen molar-refractivity contribution in [2.45, 2.75) is 10.4 Å². The Morgan fingerprint density at radius 1 is 1.05 bits per heavy atom. The highest BCUT2D eigenvalue weighted by Gasteiger charge is 2.28. The molecule has 0 saturated heterocycles. The maximum Gasteiger partial charge on any atom is 0.230 e. The van der Waals surface area contributed by atoms with Crippen LogP contribution in [0.2, 0.25) is 0 Å². The van der Waals surface area contributed by atoms with E-state index in [0.717, 1.165) is 0 Å². The second kappa shape index (κ2) is 5.40. The summed E-state index contributed by atoms with van der Waals surface area (Å²) in [7, 11) is -2.60. The van der Waals surface area contributed by atoms with Crippen LogP contribution in [0.15, 0.2) is 59.5 Å². The van der Waals surface area contributed by atoms with Gasteiger partial charge in [0.15, 0.2) is 0 Å². The fourth-order valence-corrected chi connectivity index (χ4v) is 2.97. The molecular weight excluding hydrogens is 267 g/mol. The molecule has 3 nitrogen and oxygen atoms in total. The lowest BCUT2D eigenvalue weighted by Crippen LogP contribution is -2.09. The first-order valence-electron chi connectivity index (χ1n) is 5.62. The van der Waals surface area contributed by atoms with Crippen molar-refractivity contribution < 1.29 is 17.5 Å². The number of halogens is 1. The third-order valence-corrected chi connectivity index (χ3v) is 4.45. The third-order valence-electron chi connectivity index (χ3n) is 2.70. The molecule has 0 radical (unpaired) electrons. The van der Waals surface area contributed by atoms with Gasteiger partial charge in [-0.25, -0.2) is 12.8 Å². The lowest BCUT2D eigenvalue weighted by atomic mass is 10.2. The van der Waals surface area contributed by atoms with Gasteiger partial charge in [0, 0.05) is 5.56 Å². The van der Waals surface area contributed by atoms with E-state index >= 15 is 0 Å². The largest absolute Gasteiger partial charge is 0.497 e. The fourth-order valence-electron chi connectivity index (χ4n) is 1.69. The Morgan fingerprint density at radius 3 is 2.37 bits per heavy atom. The Kier molecular flexibility index (Phi) is 3.85. The zero-order chi connectivity index (χ0) is 13.9. The zero-order valence-corrected chi connectivity index (χ0v) is 11.1. The lowest BCUT2D eigenvalue weighted by Gasteiger charge is -2.11. The molecule has 0 heterocycles. The van der Waals surface area contributed by atoms with Gasteiger partial charge >= 0.3 is 0 Å². The standard InChI is InChI=1S/C14H13FO3S/c1-18-12-7-5-6-11(10-12)14(15)19(16,17)13-8-3-2-4-9-13/h2-10,14H,1H3. The zero-order valence-electron chi connectivity index (χ0n) is 10.3. The molecule has 2 aromatic carbocycles. The lowest BCUT2D eigenvalue weighted by molar-refractivity contribution is 0.407. The molecule has 0 saturated carbocycles. The summed E-state index contributed by atoms with van der Waals surface area (Å²) in [5.74, 6) is 0.420. The summed E-state index contributed by atoms with van der Waals surface area (Å²) in [5.41, 5.74) is -2.05. The van der Waals surface area contributed by atoms with Gasteiger partial charge in [-0.1, -0.05) is 30.3 Å². The second-order valence-corrected chi connectivity index (χ2v) is 5.93. The topological polar surface area (TPSA) is 43.4 Å². The number of benzene rings is 2. The summed E-state index contributed by atoms with van der Waals surface area (Å²) in [6, 6.07) is 13.5. The van der Waals surface area contributed by atoms with E-state index in [4.69, 9.17) is 4.74 Å². The van der Waals surface area contributed by atoms with Crippen molar-refractivity contribution in [1.82, 2.24) is 0 Å². The van der Waals surface area contributed by atoms with E-state index in [1.54, 1.807) is 30.3 Å². The monoisotopic (exact) mass is 280 g/mol. The van der Waals surface area contributed by atoms with Gasteiger partial charge < -0.3 is 4.74 Å². The summed E-state index contributed by atoms with van der Waals surface area (Å²) in [6.45, 7) is 0. The van der Waals surface area contributed by atoms with Crippen LogP contribution in [0.5, 0.6) is 5.75 Å². The van der Waals surface area contributed by atoms with Crippen LogP contribution < -0.4 is 4.74 Å². The molecule has 0 aromatic heterocycles. The molecule has 0 aliphatic heterocycles. The molecule has 2 rings (SSSR count). The fraction of sp³-hybridized carbons (Fsp3) is 0.143. The van der Waals surface area contributed by atoms with Crippen molar-refractivity contribution in [2.75, 3.05) is 7.11 Å². The van der Waals surface area contributed by atoms with E-state index in [1.807, 2.05) is 0 Å². The minimum absolute atomic E-state index is 0.0367. The molecule has 2 aromatic rings. The van der Waals surface area contributed by atoms with Crippen LogP contribution in [-0.2, 0) is 9.84 Å². The van der Waals surface area contributed by atoms with Crippen molar-refractivity contribution >= 4 is 9.84 Å². The molecular formula is C14H13FO3S. The van der Waals surface area contributed by atoms with E-state index in [-0.39, 0.29) is 10.5 Å². The molecule has 1 unspecified atom stereocenters. The van der Waals surface area contributed by atoms with Gasteiger partial charge in [-0.05, 0) is 24.3 Å². The summed E-state index contributed by atoms with van der Waals surface area (Å²) < 4.78 is 43.5. The number of rotatable bonds is 4. The van der Waals surface area contributed by atoms with Crippen molar-refractivity contribution in [3.05, 3.63) is 60.2 Å². The number of ether oxygens (including phenoxy) is 1. The summed E-state index contributed by atoms with van der Waals surface area (Å²) in [4.78, 5) is -0.0367. The highest BCUT2D eigenvalue weighted by Crippen LogP contribution is 2.31. The van der Waals surface area contributed by atoms with Crippen LogP contribution in [-0.4, -0.2) is 15.5 Å². The van der Waals surface area contributed by atoms with E-state index < -0.39 is 15.3 Å². The summed E-state index contributed by atoms with van der Waals surface area (Å²) in [6.07, 6.45) is 0. The molecule has 0 aliphatic carbocycles. The molecule has 100 valence electrons. The van der Waals surface area contributed by atoms with Crippen molar-refractivity contribution in [2.24, 2.45) is 0 Å². The minimum Gasteiger partial charge on any atom is -0.497 e. The van der Waals surface area contributed by atoms with Crippen molar-refractivity contribution in [3.8, 4) is 5.75 Å². The Morgan fingerprint density at radius 2 is 1.74 bits per heavy atom. The average Bonchev–Trinajstić information content (AvgIpc) is 2.47. The van der Waals surface area contributed by atoms with Crippen LogP contribution in [0.25, 0.3) is 0 Å². The number of hydrogen-bond acceptors (Lipinski definition) is 3. The minimum atomic E-state index is -4.04. The van der Waals surface area contributed by atoms with Gasteiger partial charge in [-0.3, -0.25) is 0 Å². The molecule has 19 heavy (non-hydrogen) atoms. The number of alkyl halides is 1. The Balaban J connectivity index is 2.40. The predicted octanol–water partition coefficient (Wildman–Crippen LogP) is 3.14. The first-order chi connectivity index (χ1) is 9.05. The normalized spacial score (nSPS) is 12.9. The maximum atomic E-state index is 14.3. The number of methoxy groups -OCH3 is 1.